The highest BCUT2D eigenvalue weighted by molar-refractivity contribution is 7.16. The zero-order chi connectivity index (χ0) is 19.7. The molecule has 4 rings (SSSR count). The van der Waals surface area contributed by atoms with Crippen LogP contribution in [0.2, 0.25) is 0 Å². The van der Waals surface area contributed by atoms with Gasteiger partial charge in [0.1, 0.15) is 28.5 Å². The first-order chi connectivity index (χ1) is 13.6. The fourth-order valence-electron chi connectivity index (χ4n) is 3.38. The van der Waals surface area contributed by atoms with Gasteiger partial charge in [-0.25, -0.2) is 4.68 Å². The zero-order valence-electron chi connectivity index (χ0n) is 15.8. The van der Waals surface area contributed by atoms with Gasteiger partial charge in [-0.1, -0.05) is 6.92 Å². The average molecular weight is 398 g/mol. The number of hydrogen-bond donors (Lipinski definition) is 1. The summed E-state index contributed by atoms with van der Waals surface area (Å²) < 4.78 is 8.49. The maximum absolute atomic E-state index is 12.9. The minimum atomic E-state index is -0.251. The highest BCUT2D eigenvalue weighted by Crippen LogP contribution is 2.24. The van der Waals surface area contributed by atoms with Crippen LogP contribution in [0.15, 0.2) is 45.1 Å². The first-order valence-corrected chi connectivity index (χ1v) is 10.2. The molecule has 0 aliphatic heterocycles. The van der Waals surface area contributed by atoms with Gasteiger partial charge >= 0.3 is 0 Å². The smallest absolute Gasteiger partial charge is 0.291 e. The molecular weight excluding hydrogens is 376 g/mol. The van der Waals surface area contributed by atoms with Crippen LogP contribution in [0.5, 0.6) is 0 Å². The van der Waals surface area contributed by atoms with Crippen LogP contribution in [-0.2, 0) is 24.2 Å². The predicted molar refractivity (Wildman–Crippen MR) is 109 cm³/mol. The molecule has 0 saturated carbocycles. The van der Waals surface area contributed by atoms with Crippen molar-refractivity contribution in [3.63, 3.8) is 0 Å². The normalized spacial score (nSPS) is 12.6. The molecule has 1 amide bonds. The Bertz CT molecular complexity index is 1170. The van der Waals surface area contributed by atoms with Crippen molar-refractivity contribution in [2.24, 2.45) is 0 Å². The first kappa shape index (κ1) is 18.5. The number of carbonyl (C=O) groups excluding carboxylic acids is 1. The molecule has 0 aliphatic rings. The second-order valence-corrected chi connectivity index (χ2v) is 7.76. The van der Waals surface area contributed by atoms with Gasteiger partial charge < -0.3 is 9.73 Å². The molecule has 0 spiro atoms. The van der Waals surface area contributed by atoms with E-state index in [0.29, 0.717) is 11.9 Å². The molecule has 0 unspecified atom stereocenters. The van der Waals surface area contributed by atoms with Crippen molar-refractivity contribution < 1.29 is 9.21 Å². The predicted octanol–water partition coefficient (Wildman–Crippen LogP) is 3.00. The fraction of sp³-hybridized carbons (Fsp3) is 0.350. The molecule has 0 radical (unpaired) electrons. The van der Waals surface area contributed by atoms with Crippen molar-refractivity contribution in [3.05, 3.63) is 57.8 Å². The number of nitrogens with one attached hydrogen (secondary N) is 1. The highest BCUT2D eigenvalue weighted by atomic mass is 32.1. The summed E-state index contributed by atoms with van der Waals surface area (Å²) >= 11 is 1.58. The zero-order valence-corrected chi connectivity index (χ0v) is 16.7. The van der Waals surface area contributed by atoms with Gasteiger partial charge in [0.2, 0.25) is 5.91 Å². The number of furan rings is 1. The van der Waals surface area contributed by atoms with E-state index in [2.05, 4.69) is 10.4 Å². The number of rotatable bonds is 7. The lowest BCUT2D eigenvalue weighted by Gasteiger charge is -2.14. The van der Waals surface area contributed by atoms with Crippen LogP contribution in [-0.4, -0.2) is 26.1 Å². The molecule has 4 heterocycles. The molecule has 0 bridgehead atoms. The largest absolute Gasteiger partial charge is 0.469 e. The molecule has 0 aliphatic carbocycles. The maximum atomic E-state index is 12.9. The van der Waals surface area contributed by atoms with Gasteiger partial charge in [0, 0.05) is 24.3 Å². The Balaban J connectivity index is 1.51. The van der Waals surface area contributed by atoms with Crippen molar-refractivity contribution >= 4 is 33.0 Å². The van der Waals surface area contributed by atoms with Gasteiger partial charge in [-0.15, -0.1) is 11.3 Å². The monoisotopic (exact) mass is 398 g/mol. The Labute approximate surface area is 165 Å². The molecule has 1 N–H and O–H groups in total. The van der Waals surface area contributed by atoms with E-state index < -0.39 is 0 Å². The molecule has 0 fully saturated rings. The summed E-state index contributed by atoms with van der Waals surface area (Å²) in [6.45, 7) is 3.85. The molecule has 8 heteroatoms. The highest BCUT2D eigenvalue weighted by Gasteiger charge is 2.16. The number of fused-ring (bicyclic) bond motifs is 3. The number of aromatic nitrogens is 3. The molecule has 4 aromatic heterocycles. The van der Waals surface area contributed by atoms with E-state index in [9.17, 15) is 9.59 Å². The molecule has 0 aromatic carbocycles. The fourth-order valence-corrected chi connectivity index (χ4v) is 4.29. The van der Waals surface area contributed by atoms with E-state index >= 15 is 0 Å². The standard InChI is InChI=1S/C20H22N4O3S/c1-3-17-22-23(19(26)16-11-14-8-10-28-20(14)24(16)17)12-18(25)21-13(2)6-7-15-5-4-9-27-15/h4-5,8-11,13H,3,6-7,12H2,1-2H3,(H,21,25)/t13-/m1/s1. The van der Waals surface area contributed by atoms with Crippen molar-refractivity contribution in [2.75, 3.05) is 0 Å². The van der Waals surface area contributed by atoms with E-state index in [4.69, 9.17) is 4.42 Å². The number of carbonyl (C=O) groups is 1. The van der Waals surface area contributed by atoms with E-state index in [-0.39, 0.29) is 24.1 Å². The number of aryl methyl sites for hydroxylation is 2. The van der Waals surface area contributed by atoms with E-state index in [1.165, 1.54) is 4.68 Å². The molecule has 7 nitrogen and oxygen atoms in total. The summed E-state index contributed by atoms with van der Waals surface area (Å²) in [7, 11) is 0. The molecular formula is C20H22N4O3S. The number of nitrogens with zero attached hydrogens (tertiary/aromatic N) is 3. The maximum Gasteiger partial charge on any atom is 0.291 e. The third-order valence-corrected chi connectivity index (χ3v) is 5.69. The molecule has 28 heavy (non-hydrogen) atoms. The van der Waals surface area contributed by atoms with E-state index in [0.717, 1.165) is 34.6 Å². The van der Waals surface area contributed by atoms with Crippen LogP contribution < -0.4 is 10.9 Å². The molecule has 1 atom stereocenters. The number of thiophene rings is 1. The Hall–Kier alpha value is -2.87. The van der Waals surface area contributed by atoms with Crippen molar-refractivity contribution in [1.82, 2.24) is 19.5 Å². The minimum Gasteiger partial charge on any atom is -0.469 e. The van der Waals surface area contributed by atoms with E-state index in [1.54, 1.807) is 17.6 Å². The Morgan fingerprint density at radius 2 is 2.25 bits per heavy atom. The Morgan fingerprint density at radius 1 is 1.39 bits per heavy atom. The summed E-state index contributed by atoms with van der Waals surface area (Å²) in [5.74, 6) is 1.44. The van der Waals surface area contributed by atoms with Crippen LogP contribution in [0.1, 0.15) is 31.9 Å². The number of hydrogen-bond acceptors (Lipinski definition) is 5. The quantitative estimate of drug-likeness (QED) is 0.519. The van der Waals surface area contributed by atoms with Crippen LogP contribution in [0.25, 0.3) is 15.7 Å². The van der Waals surface area contributed by atoms with Gasteiger partial charge in [0.05, 0.1) is 6.26 Å². The Kier molecular flexibility index (Phi) is 5.04. The second-order valence-electron chi connectivity index (χ2n) is 6.87. The van der Waals surface area contributed by atoms with Crippen molar-refractivity contribution in [3.8, 4) is 0 Å². The SMILES string of the molecule is CCc1nn(CC(=O)N[C@H](C)CCc2ccco2)c(=O)c2cc3ccsc3n12. The summed E-state index contributed by atoms with van der Waals surface area (Å²) in [5.41, 5.74) is 0.311. The van der Waals surface area contributed by atoms with Gasteiger partial charge in [-0.2, -0.15) is 5.10 Å². The lowest BCUT2D eigenvalue weighted by atomic mass is 10.1. The third-order valence-electron chi connectivity index (χ3n) is 4.78. The Morgan fingerprint density at radius 3 is 3.00 bits per heavy atom. The van der Waals surface area contributed by atoms with Crippen LogP contribution in [0, 0.1) is 0 Å². The molecule has 4 aromatic rings. The first-order valence-electron chi connectivity index (χ1n) is 9.37. The summed E-state index contributed by atoms with van der Waals surface area (Å²) in [6.07, 6.45) is 3.82. The van der Waals surface area contributed by atoms with E-state index in [1.807, 2.05) is 47.9 Å². The summed E-state index contributed by atoms with van der Waals surface area (Å²) in [5, 5.41) is 10.4. The topological polar surface area (TPSA) is 81.5 Å². The van der Waals surface area contributed by atoms with Gasteiger partial charge in [-0.3, -0.25) is 14.0 Å². The van der Waals surface area contributed by atoms with Crippen molar-refractivity contribution in [2.45, 2.75) is 45.7 Å². The van der Waals surface area contributed by atoms with Gasteiger partial charge in [-0.05, 0) is 43.0 Å². The summed E-state index contributed by atoms with van der Waals surface area (Å²) in [6, 6.07) is 7.60. The van der Waals surface area contributed by atoms with Crippen LogP contribution >= 0.6 is 11.3 Å². The molecule has 0 saturated heterocycles. The second kappa shape index (κ2) is 7.63. The van der Waals surface area contributed by atoms with Crippen LogP contribution in [0.4, 0.5) is 0 Å². The van der Waals surface area contributed by atoms with Crippen LogP contribution in [0.3, 0.4) is 0 Å². The molecule has 146 valence electrons. The minimum absolute atomic E-state index is 0.0266. The third kappa shape index (κ3) is 3.47. The lowest BCUT2D eigenvalue weighted by Crippen LogP contribution is -2.39. The summed E-state index contributed by atoms with van der Waals surface area (Å²) in [4.78, 5) is 26.3. The van der Waals surface area contributed by atoms with Crippen molar-refractivity contribution in [1.29, 1.82) is 0 Å². The number of amides is 1. The van der Waals surface area contributed by atoms with Gasteiger partial charge in [0.15, 0.2) is 0 Å². The average Bonchev–Trinajstić information content (AvgIpc) is 3.39. The lowest BCUT2D eigenvalue weighted by molar-refractivity contribution is -0.122. The van der Waals surface area contributed by atoms with Gasteiger partial charge in [0.25, 0.3) is 5.56 Å².